The van der Waals surface area contributed by atoms with Gasteiger partial charge >= 0.3 is 0 Å². The van der Waals surface area contributed by atoms with E-state index >= 15 is 0 Å². The van der Waals surface area contributed by atoms with Crippen molar-refractivity contribution in [1.82, 2.24) is 4.98 Å². The number of aldehydes is 1. The molecule has 1 aromatic heterocycles. The van der Waals surface area contributed by atoms with Crippen LogP contribution in [0.4, 0.5) is 5.82 Å². The Morgan fingerprint density at radius 1 is 1.62 bits per heavy atom. The van der Waals surface area contributed by atoms with E-state index < -0.39 is 0 Å². The second-order valence-electron chi connectivity index (χ2n) is 4.38. The summed E-state index contributed by atoms with van der Waals surface area (Å²) in [5.74, 6) is 0.801. The maximum atomic E-state index is 10.5. The van der Waals surface area contributed by atoms with Crippen molar-refractivity contribution in [2.24, 2.45) is 5.73 Å². The zero-order valence-electron chi connectivity index (χ0n) is 9.46. The molecule has 5 heteroatoms. The Kier molecular flexibility index (Phi) is 4.67. The van der Waals surface area contributed by atoms with E-state index in [0.29, 0.717) is 5.56 Å². The summed E-state index contributed by atoms with van der Waals surface area (Å²) in [5.41, 5.74) is 6.29. The molecule has 0 unspecified atom stereocenters. The quantitative estimate of drug-likeness (QED) is 0.639. The largest absolute Gasteiger partial charge is 0.369 e. The van der Waals surface area contributed by atoms with E-state index in [4.69, 9.17) is 5.73 Å². The molecule has 4 nitrogen and oxygen atoms in total. The van der Waals surface area contributed by atoms with E-state index in [9.17, 15) is 4.79 Å². The topological polar surface area (TPSA) is 68.0 Å². The molecule has 3 N–H and O–H groups in total. The monoisotopic (exact) mass is 333 g/mol. The third kappa shape index (κ3) is 4.44. The fourth-order valence-electron chi connectivity index (χ4n) is 1.15. The van der Waals surface area contributed by atoms with E-state index in [-0.39, 0.29) is 5.54 Å². The third-order valence-electron chi connectivity index (χ3n) is 2.06. The minimum atomic E-state index is -0.179. The number of anilines is 1. The zero-order valence-corrected chi connectivity index (χ0v) is 11.6. The van der Waals surface area contributed by atoms with Gasteiger partial charge in [0, 0.05) is 23.8 Å². The summed E-state index contributed by atoms with van der Waals surface area (Å²) in [7, 11) is 0. The second-order valence-corrected chi connectivity index (χ2v) is 5.54. The highest BCUT2D eigenvalue weighted by atomic mass is 127. The predicted octanol–water partition coefficient (Wildman–Crippen LogP) is 2.04. The molecule has 1 rings (SSSR count). The lowest BCUT2D eigenvalue weighted by molar-refractivity contribution is 0.112. The second kappa shape index (κ2) is 5.58. The van der Waals surface area contributed by atoms with Crippen LogP contribution in [0.1, 0.15) is 30.6 Å². The first kappa shape index (κ1) is 13.4. The average Bonchev–Trinajstić information content (AvgIpc) is 2.18. The highest BCUT2D eigenvalue weighted by molar-refractivity contribution is 14.1. The molecule has 0 bridgehead atoms. The van der Waals surface area contributed by atoms with Crippen molar-refractivity contribution in [2.45, 2.75) is 25.8 Å². The molecule has 0 aliphatic carbocycles. The minimum Gasteiger partial charge on any atom is -0.369 e. The van der Waals surface area contributed by atoms with E-state index in [0.717, 1.165) is 28.6 Å². The van der Waals surface area contributed by atoms with Crippen molar-refractivity contribution >= 4 is 34.7 Å². The first-order valence-electron chi connectivity index (χ1n) is 5.06. The van der Waals surface area contributed by atoms with Crippen molar-refractivity contribution in [2.75, 3.05) is 11.9 Å². The third-order valence-corrected chi connectivity index (χ3v) is 2.88. The lowest BCUT2D eigenvalue weighted by Crippen LogP contribution is -2.34. The maximum absolute atomic E-state index is 10.5. The molecule has 16 heavy (non-hydrogen) atoms. The van der Waals surface area contributed by atoms with Crippen LogP contribution in [0.5, 0.6) is 0 Å². The highest BCUT2D eigenvalue weighted by Crippen LogP contribution is 2.16. The number of pyridine rings is 1. The summed E-state index contributed by atoms with van der Waals surface area (Å²) in [6.07, 6.45) is 3.22. The Labute approximate surface area is 109 Å². The zero-order chi connectivity index (χ0) is 12.2. The molecular weight excluding hydrogens is 317 g/mol. The maximum Gasteiger partial charge on any atom is 0.151 e. The minimum absolute atomic E-state index is 0.179. The van der Waals surface area contributed by atoms with E-state index in [1.807, 2.05) is 13.8 Å². The smallest absolute Gasteiger partial charge is 0.151 e. The number of nitrogens with zero attached hydrogens (tertiary/aromatic N) is 1. The van der Waals surface area contributed by atoms with Crippen LogP contribution in [0.15, 0.2) is 12.3 Å². The number of carbonyl (C=O) groups is 1. The molecule has 0 saturated heterocycles. The number of hydrogen-bond acceptors (Lipinski definition) is 4. The number of nitrogens with one attached hydrogen (secondary N) is 1. The molecule has 0 aromatic carbocycles. The molecule has 0 amide bonds. The molecule has 0 fully saturated rings. The van der Waals surface area contributed by atoms with Crippen molar-refractivity contribution < 1.29 is 4.79 Å². The Morgan fingerprint density at radius 3 is 2.81 bits per heavy atom. The van der Waals surface area contributed by atoms with Crippen molar-refractivity contribution in [1.29, 1.82) is 0 Å². The molecule has 0 atom stereocenters. The van der Waals surface area contributed by atoms with Crippen molar-refractivity contribution in [3.63, 3.8) is 0 Å². The summed E-state index contributed by atoms with van der Waals surface area (Å²) >= 11 is 2.15. The van der Waals surface area contributed by atoms with Gasteiger partial charge in [-0.15, -0.1) is 0 Å². The summed E-state index contributed by atoms with van der Waals surface area (Å²) in [6, 6.07) is 1.80. The highest BCUT2D eigenvalue weighted by Gasteiger charge is 2.10. The lowest BCUT2D eigenvalue weighted by atomic mass is 10.0. The summed E-state index contributed by atoms with van der Waals surface area (Å²) in [6.45, 7) is 4.75. The van der Waals surface area contributed by atoms with E-state index in [2.05, 4.69) is 32.9 Å². The SMILES string of the molecule is CC(C)(N)CCNc1ncc(C=O)cc1I. The molecule has 0 aliphatic heterocycles. The van der Waals surface area contributed by atoms with Gasteiger partial charge in [-0.05, 0) is 48.9 Å². The summed E-state index contributed by atoms with van der Waals surface area (Å²) in [4.78, 5) is 14.7. The van der Waals surface area contributed by atoms with Gasteiger partial charge < -0.3 is 11.1 Å². The van der Waals surface area contributed by atoms with Crippen LogP contribution in [0.25, 0.3) is 0 Å². The van der Waals surface area contributed by atoms with Crippen LogP contribution in [0, 0.1) is 3.57 Å². The van der Waals surface area contributed by atoms with Crippen LogP contribution in [-0.4, -0.2) is 23.4 Å². The number of carbonyl (C=O) groups excluding carboxylic acids is 1. The molecule has 0 spiro atoms. The summed E-state index contributed by atoms with van der Waals surface area (Å²) in [5, 5.41) is 3.21. The molecular formula is C11H16IN3O. The fraction of sp³-hybridized carbons (Fsp3) is 0.455. The fourth-order valence-corrected chi connectivity index (χ4v) is 1.84. The first-order valence-corrected chi connectivity index (χ1v) is 6.14. The van der Waals surface area contributed by atoms with Crippen LogP contribution < -0.4 is 11.1 Å². The molecule has 0 radical (unpaired) electrons. The van der Waals surface area contributed by atoms with Crippen LogP contribution in [0.3, 0.4) is 0 Å². The number of halogens is 1. The van der Waals surface area contributed by atoms with Gasteiger partial charge in [0.1, 0.15) is 5.82 Å². The van der Waals surface area contributed by atoms with Gasteiger partial charge in [0.05, 0.1) is 3.57 Å². The van der Waals surface area contributed by atoms with E-state index in [1.54, 1.807) is 12.3 Å². The normalized spacial score (nSPS) is 11.2. The summed E-state index contributed by atoms with van der Waals surface area (Å²) < 4.78 is 0.942. The molecule has 88 valence electrons. The van der Waals surface area contributed by atoms with Gasteiger partial charge in [-0.3, -0.25) is 4.79 Å². The number of hydrogen-bond donors (Lipinski definition) is 2. The Bertz CT molecular complexity index is 374. The Balaban J connectivity index is 2.58. The molecule has 1 heterocycles. The van der Waals surface area contributed by atoms with Gasteiger partial charge in [0.2, 0.25) is 0 Å². The predicted molar refractivity (Wildman–Crippen MR) is 73.7 cm³/mol. The molecule has 0 aliphatic rings. The Morgan fingerprint density at radius 2 is 2.31 bits per heavy atom. The van der Waals surface area contributed by atoms with Gasteiger partial charge in [0.15, 0.2) is 6.29 Å². The first-order chi connectivity index (χ1) is 7.42. The van der Waals surface area contributed by atoms with Crippen molar-refractivity contribution in [3.05, 3.63) is 21.4 Å². The van der Waals surface area contributed by atoms with Crippen LogP contribution >= 0.6 is 22.6 Å². The van der Waals surface area contributed by atoms with Gasteiger partial charge in [-0.25, -0.2) is 4.98 Å². The number of aromatic nitrogens is 1. The molecule has 0 saturated carbocycles. The number of rotatable bonds is 5. The number of nitrogens with two attached hydrogens (primary N) is 1. The van der Waals surface area contributed by atoms with Crippen molar-refractivity contribution in [3.8, 4) is 0 Å². The van der Waals surface area contributed by atoms with Crippen LogP contribution in [-0.2, 0) is 0 Å². The van der Waals surface area contributed by atoms with Gasteiger partial charge in [-0.2, -0.15) is 0 Å². The molecule has 1 aromatic rings. The lowest BCUT2D eigenvalue weighted by Gasteiger charge is -2.18. The van der Waals surface area contributed by atoms with Crippen LogP contribution in [0.2, 0.25) is 0 Å². The van der Waals surface area contributed by atoms with Gasteiger partial charge in [0.25, 0.3) is 0 Å². The standard InChI is InChI=1S/C11H16IN3O/c1-11(2,13)3-4-14-10-9(12)5-8(7-16)6-15-10/h5-7H,3-4,13H2,1-2H3,(H,14,15). The van der Waals surface area contributed by atoms with Gasteiger partial charge in [-0.1, -0.05) is 0 Å². The van der Waals surface area contributed by atoms with E-state index in [1.165, 1.54) is 0 Å². The Hall–Kier alpha value is -0.690. The average molecular weight is 333 g/mol.